The summed E-state index contributed by atoms with van der Waals surface area (Å²) in [4.78, 5) is 13.0. The summed E-state index contributed by atoms with van der Waals surface area (Å²) in [6.07, 6.45) is 1.96. The molecule has 1 fully saturated rings. The van der Waals surface area contributed by atoms with Crippen LogP contribution in [-0.2, 0) is 4.79 Å². The van der Waals surface area contributed by atoms with Crippen molar-refractivity contribution in [3.05, 3.63) is 0 Å². The van der Waals surface area contributed by atoms with Crippen molar-refractivity contribution in [3.8, 4) is 0 Å². The van der Waals surface area contributed by atoms with Crippen molar-refractivity contribution in [2.24, 2.45) is 5.92 Å². The van der Waals surface area contributed by atoms with E-state index in [0.717, 1.165) is 19.0 Å². The van der Waals surface area contributed by atoms with Crippen LogP contribution in [0.4, 0.5) is 0 Å². The molecule has 10 heavy (non-hydrogen) atoms. The zero-order valence-electron chi connectivity index (χ0n) is 6.46. The molecule has 1 rings (SSSR count). The molecule has 1 heterocycles. The Bertz CT molecular complexity index is 132. The van der Waals surface area contributed by atoms with E-state index in [-0.39, 0.29) is 0 Å². The van der Waals surface area contributed by atoms with Gasteiger partial charge in [0.05, 0.1) is 5.75 Å². The maximum atomic E-state index is 11.1. The molecule has 0 bridgehead atoms. The summed E-state index contributed by atoms with van der Waals surface area (Å²) in [5.74, 6) is 1.67. The van der Waals surface area contributed by atoms with Gasteiger partial charge in [0.25, 0.3) is 0 Å². The van der Waals surface area contributed by atoms with Gasteiger partial charge in [0.1, 0.15) is 0 Å². The van der Waals surface area contributed by atoms with Gasteiger partial charge in [-0.25, -0.2) is 0 Å². The number of thioether (sulfide) groups is 1. The number of hydrogen-bond acceptors (Lipinski definition) is 2. The molecule has 3 heteroatoms. The minimum absolute atomic E-state index is 0.297. The van der Waals surface area contributed by atoms with E-state index >= 15 is 0 Å². The lowest BCUT2D eigenvalue weighted by atomic mass is 10.0. The molecule has 0 saturated carbocycles. The monoisotopic (exact) mass is 159 g/mol. The molecule has 0 atom stereocenters. The Morgan fingerprint density at radius 3 is 2.70 bits per heavy atom. The van der Waals surface area contributed by atoms with E-state index in [9.17, 15) is 4.79 Å². The van der Waals surface area contributed by atoms with E-state index in [1.807, 2.05) is 11.2 Å². The average Bonchev–Trinajstić information content (AvgIpc) is 1.82. The molecular weight excluding hydrogens is 146 g/mol. The Balaban J connectivity index is 2.18. The fourth-order valence-corrected chi connectivity index (χ4v) is 1.55. The first-order valence-electron chi connectivity index (χ1n) is 3.50. The molecule has 0 aliphatic carbocycles. The van der Waals surface area contributed by atoms with E-state index in [0.29, 0.717) is 11.7 Å². The van der Waals surface area contributed by atoms with Gasteiger partial charge in [-0.3, -0.25) is 4.79 Å². The number of carbonyl (C=O) groups is 1. The lowest BCUT2D eigenvalue weighted by Gasteiger charge is -2.37. The molecule has 1 saturated heterocycles. The topological polar surface area (TPSA) is 20.3 Å². The van der Waals surface area contributed by atoms with E-state index in [1.54, 1.807) is 11.8 Å². The predicted octanol–water partition coefficient (Wildman–Crippen LogP) is 0.828. The molecule has 0 spiro atoms. The molecule has 0 aromatic rings. The van der Waals surface area contributed by atoms with Crippen LogP contribution in [0.25, 0.3) is 0 Å². The van der Waals surface area contributed by atoms with Gasteiger partial charge in [0.15, 0.2) is 0 Å². The van der Waals surface area contributed by atoms with Crippen LogP contribution in [0, 0.1) is 5.92 Å². The summed E-state index contributed by atoms with van der Waals surface area (Å²) < 4.78 is 0. The number of nitrogens with zero attached hydrogens (tertiary/aromatic N) is 1. The van der Waals surface area contributed by atoms with Crippen molar-refractivity contribution in [2.45, 2.75) is 6.92 Å². The van der Waals surface area contributed by atoms with E-state index in [1.165, 1.54) is 0 Å². The van der Waals surface area contributed by atoms with Gasteiger partial charge < -0.3 is 4.90 Å². The minimum atomic E-state index is 0.297. The summed E-state index contributed by atoms with van der Waals surface area (Å²) in [5.41, 5.74) is 0. The van der Waals surface area contributed by atoms with Crippen molar-refractivity contribution < 1.29 is 4.79 Å². The molecule has 0 unspecified atom stereocenters. The summed E-state index contributed by atoms with van der Waals surface area (Å²) in [6, 6.07) is 0. The lowest BCUT2D eigenvalue weighted by molar-refractivity contribution is -0.134. The summed E-state index contributed by atoms with van der Waals surface area (Å²) in [6.45, 7) is 4.11. The Morgan fingerprint density at radius 2 is 2.30 bits per heavy atom. The standard InChI is InChI=1S/C7H13NOS/c1-6-3-8(4-6)7(9)5-10-2/h6H,3-5H2,1-2H3. The number of rotatable bonds is 2. The highest BCUT2D eigenvalue weighted by Crippen LogP contribution is 2.14. The van der Waals surface area contributed by atoms with Crippen molar-refractivity contribution in [1.82, 2.24) is 4.90 Å². The third-order valence-electron chi connectivity index (χ3n) is 1.68. The minimum Gasteiger partial charge on any atom is -0.341 e. The largest absolute Gasteiger partial charge is 0.341 e. The van der Waals surface area contributed by atoms with Crippen molar-refractivity contribution in [2.75, 3.05) is 25.1 Å². The van der Waals surface area contributed by atoms with Crippen LogP contribution >= 0.6 is 11.8 Å². The maximum absolute atomic E-state index is 11.1. The van der Waals surface area contributed by atoms with Gasteiger partial charge in [0.2, 0.25) is 5.91 Å². The van der Waals surface area contributed by atoms with Gasteiger partial charge in [-0.2, -0.15) is 11.8 Å². The number of amides is 1. The molecule has 1 amide bonds. The zero-order chi connectivity index (χ0) is 7.56. The van der Waals surface area contributed by atoms with Crippen LogP contribution in [0.3, 0.4) is 0 Å². The van der Waals surface area contributed by atoms with E-state index in [2.05, 4.69) is 6.92 Å². The average molecular weight is 159 g/mol. The first kappa shape index (κ1) is 7.92. The highest BCUT2D eigenvalue weighted by atomic mass is 32.2. The zero-order valence-corrected chi connectivity index (χ0v) is 7.28. The van der Waals surface area contributed by atoms with Crippen LogP contribution in [0.15, 0.2) is 0 Å². The lowest BCUT2D eigenvalue weighted by Crippen LogP contribution is -2.49. The third kappa shape index (κ3) is 1.66. The normalized spacial score (nSPS) is 18.8. The molecule has 0 N–H and O–H groups in total. The molecule has 2 nitrogen and oxygen atoms in total. The molecule has 0 aromatic carbocycles. The summed E-state index contributed by atoms with van der Waals surface area (Å²) in [5, 5.41) is 0. The second-order valence-electron chi connectivity index (χ2n) is 2.84. The van der Waals surface area contributed by atoms with Crippen LogP contribution in [0.2, 0.25) is 0 Å². The van der Waals surface area contributed by atoms with Gasteiger partial charge in [-0.05, 0) is 12.2 Å². The quantitative estimate of drug-likeness (QED) is 0.595. The molecule has 0 radical (unpaired) electrons. The fraction of sp³-hybridized carbons (Fsp3) is 0.857. The molecule has 58 valence electrons. The van der Waals surface area contributed by atoms with Crippen molar-refractivity contribution >= 4 is 17.7 Å². The van der Waals surface area contributed by atoms with E-state index in [4.69, 9.17) is 0 Å². The second-order valence-corrected chi connectivity index (χ2v) is 3.70. The highest BCUT2D eigenvalue weighted by Gasteiger charge is 2.25. The van der Waals surface area contributed by atoms with Crippen LogP contribution in [0.1, 0.15) is 6.92 Å². The molecular formula is C7H13NOS. The SMILES string of the molecule is CSCC(=O)N1CC(C)C1. The molecule has 1 aliphatic heterocycles. The van der Waals surface area contributed by atoms with Gasteiger partial charge >= 0.3 is 0 Å². The van der Waals surface area contributed by atoms with Crippen molar-refractivity contribution in [3.63, 3.8) is 0 Å². The smallest absolute Gasteiger partial charge is 0.232 e. The Hall–Kier alpha value is -0.180. The van der Waals surface area contributed by atoms with Gasteiger partial charge in [-0.15, -0.1) is 0 Å². The van der Waals surface area contributed by atoms with Gasteiger partial charge in [0, 0.05) is 13.1 Å². The molecule has 0 aromatic heterocycles. The van der Waals surface area contributed by atoms with Gasteiger partial charge in [-0.1, -0.05) is 6.92 Å². The third-order valence-corrected chi connectivity index (χ3v) is 2.22. The van der Waals surface area contributed by atoms with Crippen LogP contribution < -0.4 is 0 Å². The predicted molar refractivity (Wildman–Crippen MR) is 44.1 cm³/mol. The maximum Gasteiger partial charge on any atom is 0.232 e. The number of likely N-dealkylation sites (tertiary alicyclic amines) is 1. The first-order valence-corrected chi connectivity index (χ1v) is 4.90. The molecule has 1 aliphatic rings. The Kier molecular flexibility index (Phi) is 2.60. The van der Waals surface area contributed by atoms with Crippen LogP contribution in [-0.4, -0.2) is 35.9 Å². The fourth-order valence-electron chi connectivity index (χ4n) is 1.12. The Morgan fingerprint density at radius 1 is 1.70 bits per heavy atom. The van der Waals surface area contributed by atoms with Crippen LogP contribution in [0.5, 0.6) is 0 Å². The number of hydrogen-bond donors (Lipinski definition) is 0. The van der Waals surface area contributed by atoms with Crippen molar-refractivity contribution in [1.29, 1.82) is 0 Å². The summed E-state index contributed by atoms with van der Waals surface area (Å²) in [7, 11) is 0. The number of carbonyl (C=O) groups excluding carboxylic acids is 1. The summed E-state index contributed by atoms with van der Waals surface area (Å²) >= 11 is 1.60. The van der Waals surface area contributed by atoms with E-state index < -0.39 is 0 Å². The Labute approximate surface area is 66.0 Å². The second kappa shape index (κ2) is 3.28. The highest BCUT2D eigenvalue weighted by molar-refractivity contribution is 7.99. The first-order chi connectivity index (χ1) is 4.74.